The highest BCUT2D eigenvalue weighted by atomic mass is 16.5. The van der Waals surface area contributed by atoms with Crippen LogP contribution >= 0.6 is 0 Å². The van der Waals surface area contributed by atoms with Crippen LogP contribution in [0, 0.1) is 13.8 Å². The molecule has 0 fully saturated rings. The number of aryl methyl sites for hydroxylation is 2. The summed E-state index contributed by atoms with van der Waals surface area (Å²) < 4.78 is 5.54. The number of nitrogens with zero attached hydrogens (tertiary/aromatic N) is 2. The number of aromatic nitrogens is 1. The normalized spacial score (nSPS) is 11.2. The first kappa shape index (κ1) is 15.7. The third kappa shape index (κ3) is 3.12. The lowest BCUT2D eigenvalue weighted by Gasteiger charge is -2.09. The molecule has 6 nitrogen and oxygen atoms in total. The van der Waals surface area contributed by atoms with Crippen LogP contribution in [0.25, 0.3) is 10.9 Å². The number of aromatic hydroxyl groups is 1. The number of hydrogen-bond acceptors (Lipinski definition) is 4. The molecule has 0 aliphatic heterocycles. The van der Waals surface area contributed by atoms with Crippen molar-refractivity contribution in [1.82, 2.24) is 4.98 Å². The van der Waals surface area contributed by atoms with Crippen LogP contribution in [-0.2, 0) is 4.79 Å². The van der Waals surface area contributed by atoms with Crippen LogP contribution in [0.2, 0.25) is 0 Å². The molecular formula is C18H17N3O3. The van der Waals surface area contributed by atoms with Crippen molar-refractivity contribution in [3.8, 4) is 11.6 Å². The molecule has 0 bridgehead atoms. The zero-order valence-corrected chi connectivity index (χ0v) is 13.4. The van der Waals surface area contributed by atoms with E-state index in [0.29, 0.717) is 11.1 Å². The summed E-state index contributed by atoms with van der Waals surface area (Å²) in [4.78, 5) is 14.7. The molecule has 0 saturated heterocycles. The van der Waals surface area contributed by atoms with E-state index in [1.807, 2.05) is 44.2 Å². The van der Waals surface area contributed by atoms with E-state index in [1.54, 1.807) is 12.1 Å². The van der Waals surface area contributed by atoms with E-state index >= 15 is 0 Å². The Labute approximate surface area is 138 Å². The standard InChI is InChI=1S/C18H17N3O3/c1-11-6-5-7-12(2)17(11)24-10-15(22)20-21-16-13-8-3-4-9-14(13)19-18(16)23/h3-9,19,23H,10H2,1-2H3. The number of carbonyl (C=O) groups excluding carboxylic acids is 1. The number of H-pyrrole nitrogens is 1. The molecule has 0 unspecified atom stereocenters. The highest BCUT2D eigenvalue weighted by molar-refractivity contribution is 5.94. The first-order chi connectivity index (χ1) is 11.6. The lowest BCUT2D eigenvalue weighted by molar-refractivity contribution is -0.120. The van der Waals surface area contributed by atoms with Gasteiger partial charge >= 0.3 is 5.91 Å². The maximum Gasteiger partial charge on any atom is 0.302 e. The summed E-state index contributed by atoms with van der Waals surface area (Å²) in [5.74, 6) is 0.0294. The molecule has 1 heterocycles. The van der Waals surface area contributed by atoms with Gasteiger partial charge in [0.25, 0.3) is 0 Å². The number of nitrogens with one attached hydrogen (secondary N) is 1. The van der Waals surface area contributed by atoms with Crippen molar-refractivity contribution in [2.75, 3.05) is 6.61 Å². The molecular weight excluding hydrogens is 306 g/mol. The highest BCUT2D eigenvalue weighted by Crippen LogP contribution is 2.35. The third-order valence-corrected chi connectivity index (χ3v) is 3.67. The Bertz CT molecular complexity index is 908. The fourth-order valence-corrected chi connectivity index (χ4v) is 2.51. The summed E-state index contributed by atoms with van der Waals surface area (Å²) in [5.41, 5.74) is 2.87. The minimum Gasteiger partial charge on any atom is -0.493 e. The zero-order chi connectivity index (χ0) is 17.1. The number of fused-ring (bicyclic) bond motifs is 1. The van der Waals surface area contributed by atoms with Gasteiger partial charge in [-0.1, -0.05) is 36.4 Å². The summed E-state index contributed by atoms with van der Waals surface area (Å²) in [6, 6.07) is 13.0. The molecule has 122 valence electrons. The van der Waals surface area contributed by atoms with E-state index < -0.39 is 5.91 Å². The van der Waals surface area contributed by atoms with Crippen molar-refractivity contribution in [1.29, 1.82) is 0 Å². The topological polar surface area (TPSA) is 87.0 Å². The lowest BCUT2D eigenvalue weighted by Crippen LogP contribution is -2.09. The van der Waals surface area contributed by atoms with E-state index in [4.69, 9.17) is 4.74 Å². The van der Waals surface area contributed by atoms with E-state index in [9.17, 15) is 9.90 Å². The summed E-state index contributed by atoms with van der Waals surface area (Å²) in [5, 5.41) is 18.1. The van der Waals surface area contributed by atoms with Crippen molar-refractivity contribution < 1.29 is 14.6 Å². The number of aromatic amines is 1. The Kier molecular flexibility index (Phi) is 4.29. The van der Waals surface area contributed by atoms with Crippen LogP contribution in [0.5, 0.6) is 11.6 Å². The van der Waals surface area contributed by atoms with Gasteiger partial charge in [0.2, 0.25) is 5.88 Å². The molecule has 2 aromatic carbocycles. The Balaban J connectivity index is 1.72. The summed E-state index contributed by atoms with van der Waals surface area (Å²) in [6.45, 7) is 3.62. The van der Waals surface area contributed by atoms with E-state index in [-0.39, 0.29) is 18.2 Å². The van der Waals surface area contributed by atoms with Gasteiger partial charge in [0.1, 0.15) is 5.75 Å². The van der Waals surface area contributed by atoms with Crippen LogP contribution in [0.1, 0.15) is 11.1 Å². The fraction of sp³-hybridized carbons (Fsp3) is 0.167. The molecule has 1 aromatic heterocycles. The first-order valence-corrected chi connectivity index (χ1v) is 7.49. The van der Waals surface area contributed by atoms with Crippen LogP contribution in [0.3, 0.4) is 0 Å². The molecule has 0 aliphatic carbocycles. The summed E-state index contributed by atoms with van der Waals surface area (Å²) >= 11 is 0. The van der Waals surface area contributed by atoms with Gasteiger partial charge in [0.05, 0.1) is 5.52 Å². The number of amides is 1. The van der Waals surface area contributed by atoms with Gasteiger partial charge in [-0.3, -0.25) is 4.79 Å². The third-order valence-electron chi connectivity index (χ3n) is 3.67. The van der Waals surface area contributed by atoms with Gasteiger partial charge in [0, 0.05) is 5.39 Å². The molecule has 0 spiro atoms. The number of para-hydroxylation sites is 2. The Morgan fingerprint density at radius 3 is 2.58 bits per heavy atom. The number of rotatable bonds is 4. The maximum atomic E-state index is 11.9. The number of benzene rings is 2. The molecule has 0 aliphatic rings. The summed E-state index contributed by atoms with van der Waals surface area (Å²) in [6.07, 6.45) is 0. The van der Waals surface area contributed by atoms with Gasteiger partial charge in [0.15, 0.2) is 12.3 Å². The molecule has 1 amide bonds. The number of ether oxygens (including phenoxy) is 1. The van der Waals surface area contributed by atoms with Crippen molar-refractivity contribution in [3.63, 3.8) is 0 Å². The molecule has 3 aromatic rings. The molecule has 6 heteroatoms. The largest absolute Gasteiger partial charge is 0.493 e. The van der Waals surface area contributed by atoms with Crippen molar-refractivity contribution >= 4 is 22.5 Å². The Morgan fingerprint density at radius 2 is 1.83 bits per heavy atom. The average Bonchev–Trinajstić information content (AvgIpc) is 2.87. The molecule has 24 heavy (non-hydrogen) atoms. The summed E-state index contributed by atoms with van der Waals surface area (Å²) in [7, 11) is 0. The smallest absolute Gasteiger partial charge is 0.302 e. The SMILES string of the molecule is Cc1cccc(C)c1OCC(=O)N=Nc1c(O)[nH]c2ccccc12. The van der Waals surface area contributed by atoms with Gasteiger partial charge < -0.3 is 14.8 Å². The van der Waals surface area contributed by atoms with Crippen molar-refractivity contribution in [2.45, 2.75) is 13.8 Å². The van der Waals surface area contributed by atoms with Crippen LogP contribution in [-0.4, -0.2) is 22.6 Å². The van der Waals surface area contributed by atoms with Crippen LogP contribution in [0.4, 0.5) is 5.69 Å². The Morgan fingerprint density at radius 1 is 1.12 bits per heavy atom. The molecule has 0 radical (unpaired) electrons. The number of carbonyl (C=O) groups is 1. The number of azo groups is 1. The van der Waals surface area contributed by atoms with Gasteiger partial charge in [-0.15, -0.1) is 10.2 Å². The number of hydrogen-bond donors (Lipinski definition) is 2. The lowest BCUT2D eigenvalue weighted by atomic mass is 10.1. The van der Waals surface area contributed by atoms with E-state index in [1.165, 1.54) is 0 Å². The Hall–Kier alpha value is -3.15. The first-order valence-electron chi connectivity index (χ1n) is 7.49. The van der Waals surface area contributed by atoms with Crippen LogP contribution < -0.4 is 4.74 Å². The maximum absolute atomic E-state index is 11.9. The quantitative estimate of drug-likeness (QED) is 0.706. The minimum absolute atomic E-state index is 0.122. The van der Waals surface area contributed by atoms with Crippen molar-refractivity contribution in [3.05, 3.63) is 53.6 Å². The predicted octanol–water partition coefficient (Wildman–Crippen LogP) is 4.18. The minimum atomic E-state index is -0.526. The van der Waals surface area contributed by atoms with Gasteiger partial charge in [-0.2, -0.15) is 0 Å². The molecule has 3 rings (SSSR count). The van der Waals surface area contributed by atoms with Gasteiger partial charge in [-0.05, 0) is 31.0 Å². The second-order valence-electron chi connectivity index (χ2n) is 5.47. The molecule has 0 saturated carbocycles. The predicted molar refractivity (Wildman–Crippen MR) is 90.9 cm³/mol. The van der Waals surface area contributed by atoms with Crippen molar-refractivity contribution in [2.24, 2.45) is 10.2 Å². The average molecular weight is 323 g/mol. The highest BCUT2D eigenvalue weighted by Gasteiger charge is 2.11. The zero-order valence-electron chi connectivity index (χ0n) is 13.4. The van der Waals surface area contributed by atoms with Gasteiger partial charge in [-0.25, -0.2) is 0 Å². The van der Waals surface area contributed by atoms with Crippen LogP contribution in [0.15, 0.2) is 52.7 Å². The van der Waals surface area contributed by atoms with E-state index in [0.717, 1.165) is 16.6 Å². The second-order valence-corrected chi connectivity index (χ2v) is 5.47. The molecule has 2 N–H and O–H groups in total. The molecule has 0 atom stereocenters. The van der Waals surface area contributed by atoms with E-state index in [2.05, 4.69) is 15.2 Å². The second kappa shape index (κ2) is 6.54. The fourth-order valence-electron chi connectivity index (χ4n) is 2.51. The monoisotopic (exact) mass is 323 g/mol.